The van der Waals surface area contributed by atoms with Gasteiger partial charge >= 0.3 is 0 Å². The first-order valence-electron chi connectivity index (χ1n) is 6.86. The van der Waals surface area contributed by atoms with Crippen LogP contribution in [0.4, 0.5) is 0 Å². The Bertz CT molecular complexity index is 315. The van der Waals surface area contributed by atoms with Crippen molar-refractivity contribution in [3.8, 4) is 0 Å². The molecule has 1 amide bonds. The second-order valence-electron chi connectivity index (χ2n) is 6.07. The fourth-order valence-corrected chi connectivity index (χ4v) is 3.39. The van der Waals surface area contributed by atoms with Crippen LogP contribution in [0.2, 0.25) is 0 Å². The molecule has 3 N–H and O–H groups in total. The highest BCUT2D eigenvalue weighted by Gasteiger charge is 2.41. The maximum Gasteiger partial charge on any atom is 0.221 e. The molecular weight excluding hydrogens is 216 g/mol. The molecule has 2 saturated heterocycles. The lowest BCUT2D eigenvalue weighted by molar-refractivity contribution is -0.123. The third-order valence-electron chi connectivity index (χ3n) is 4.66. The minimum atomic E-state index is -0.199. The van der Waals surface area contributed by atoms with Gasteiger partial charge in [-0.1, -0.05) is 0 Å². The van der Waals surface area contributed by atoms with Gasteiger partial charge in [-0.05, 0) is 38.5 Å². The summed E-state index contributed by atoms with van der Waals surface area (Å²) in [5.41, 5.74) is 5.86. The zero-order valence-electron chi connectivity index (χ0n) is 10.3. The summed E-state index contributed by atoms with van der Waals surface area (Å²) in [4.78, 5) is 11.8. The van der Waals surface area contributed by atoms with Crippen molar-refractivity contribution in [3.63, 3.8) is 0 Å². The molecule has 2 heterocycles. The third-order valence-corrected chi connectivity index (χ3v) is 4.66. The summed E-state index contributed by atoms with van der Waals surface area (Å²) in [6, 6.07) is 0. The van der Waals surface area contributed by atoms with E-state index in [1.165, 1.54) is 19.3 Å². The zero-order chi connectivity index (χ0) is 11.9. The van der Waals surface area contributed by atoms with Crippen LogP contribution in [-0.4, -0.2) is 30.2 Å². The SMILES string of the molecule is NC1(CC(=O)NCC2CC3CCC2O3)CCC1. The van der Waals surface area contributed by atoms with Crippen molar-refractivity contribution in [3.05, 3.63) is 0 Å². The molecule has 96 valence electrons. The summed E-state index contributed by atoms with van der Waals surface area (Å²) in [6.07, 6.45) is 8.03. The summed E-state index contributed by atoms with van der Waals surface area (Å²) < 4.78 is 5.77. The zero-order valence-corrected chi connectivity index (χ0v) is 10.3. The van der Waals surface area contributed by atoms with Gasteiger partial charge in [0, 0.05) is 24.4 Å². The van der Waals surface area contributed by atoms with Crippen LogP contribution >= 0.6 is 0 Å². The first-order valence-corrected chi connectivity index (χ1v) is 6.86. The average molecular weight is 238 g/mol. The van der Waals surface area contributed by atoms with Crippen molar-refractivity contribution in [1.29, 1.82) is 0 Å². The summed E-state index contributed by atoms with van der Waals surface area (Å²) in [6.45, 7) is 0.774. The molecule has 3 rings (SSSR count). The smallest absolute Gasteiger partial charge is 0.221 e. The average Bonchev–Trinajstić information content (AvgIpc) is 2.85. The van der Waals surface area contributed by atoms with Crippen LogP contribution in [0.5, 0.6) is 0 Å². The molecule has 17 heavy (non-hydrogen) atoms. The first-order chi connectivity index (χ1) is 8.15. The number of nitrogens with one attached hydrogen (secondary N) is 1. The van der Waals surface area contributed by atoms with E-state index >= 15 is 0 Å². The maximum atomic E-state index is 11.8. The fourth-order valence-electron chi connectivity index (χ4n) is 3.39. The number of hydrogen-bond acceptors (Lipinski definition) is 3. The molecule has 3 atom stereocenters. The molecule has 0 aromatic heterocycles. The summed E-state index contributed by atoms with van der Waals surface area (Å²) in [5.74, 6) is 0.655. The molecule has 4 heteroatoms. The lowest BCUT2D eigenvalue weighted by atomic mass is 9.75. The van der Waals surface area contributed by atoms with E-state index in [1.807, 2.05) is 0 Å². The second kappa shape index (κ2) is 4.25. The van der Waals surface area contributed by atoms with Crippen molar-refractivity contribution in [2.24, 2.45) is 11.7 Å². The van der Waals surface area contributed by atoms with Gasteiger partial charge in [-0.2, -0.15) is 0 Å². The number of nitrogens with two attached hydrogens (primary N) is 1. The molecule has 1 aliphatic carbocycles. The molecule has 1 saturated carbocycles. The van der Waals surface area contributed by atoms with Gasteiger partial charge in [0.1, 0.15) is 0 Å². The summed E-state index contributed by atoms with van der Waals surface area (Å²) in [7, 11) is 0. The van der Waals surface area contributed by atoms with Crippen LogP contribution in [-0.2, 0) is 9.53 Å². The molecule has 0 aromatic rings. The van der Waals surface area contributed by atoms with Crippen LogP contribution in [0.15, 0.2) is 0 Å². The number of rotatable bonds is 4. The molecule has 3 unspecified atom stereocenters. The van der Waals surface area contributed by atoms with E-state index in [1.54, 1.807) is 0 Å². The highest BCUT2D eigenvalue weighted by atomic mass is 16.5. The molecule has 3 aliphatic rings. The normalized spacial score (nSPS) is 37.8. The molecule has 3 fully saturated rings. The minimum absolute atomic E-state index is 0.120. The van der Waals surface area contributed by atoms with Crippen molar-refractivity contribution in [1.82, 2.24) is 5.32 Å². The molecule has 0 spiro atoms. The quantitative estimate of drug-likeness (QED) is 0.766. The van der Waals surface area contributed by atoms with Gasteiger partial charge < -0.3 is 15.8 Å². The van der Waals surface area contributed by atoms with Gasteiger partial charge in [-0.25, -0.2) is 0 Å². The summed E-state index contributed by atoms with van der Waals surface area (Å²) >= 11 is 0. The lowest BCUT2D eigenvalue weighted by Gasteiger charge is -2.37. The van der Waals surface area contributed by atoms with E-state index in [4.69, 9.17) is 10.5 Å². The van der Waals surface area contributed by atoms with Crippen LogP contribution in [0.1, 0.15) is 44.9 Å². The Morgan fingerprint density at radius 1 is 1.41 bits per heavy atom. The highest BCUT2D eigenvalue weighted by Crippen LogP contribution is 2.38. The van der Waals surface area contributed by atoms with Gasteiger partial charge in [0.2, 0.25) is 5.91 Å². The van der Waals surface area contributed by atoms with Crippen LogP contribution < -0.4 is 11.1 Å². The molecule has 2 bridgehead atoms. The Morgan fingerprint density at radius 3 is 2.76 bits per heavy atom. The van der Waals surface area contributed by atoms with Gasteiger partial charge in [0.25, 0.3) is 0 Å². The number of fused-ring (bicyclic) bond motifs is 2. The van der Waals surface area contributed by atoms with Gasteiger partial charge in [0.05, 0.1) is 12.2 Å². The third kappa shape index (κ3) is 2.33. The van der Waals surface area contributed by atoms with Crippen molar-refractivity contribution in [2.75, 3.05) is 6.54 Å². The second-order valence-corrected chi connectivity index (χ2v) is 6.07. The Morgan fingerprint density at radius 2 is 2.24 bits per heavy atom. The predicted octanol–water partition coefficient (Wildman–Crippen LogP) is 0.942. The van der Waals surface area contributed by atoms with Crippen molar-refractivity contribution >= 4 is 5.91 Å². The van der Waals surface area contributed by atoms with Crippen LogP contribution in [0.3, 0.4) is 0 Å². The number of hydrogen-bond donors (Lipinski definition) is 2. The molecule has 0 radical (unpaired) electrons. The molecule has 2 aliphatic heterocycles. The van der Waals surface area contributed by atoms with E-state index in [0.29, 0.717) is 24.5 Å². The molecule has 4 nitrogen and oxygen atoms in total. The molecular formula is C13H22N2O2. The van der Waals surface area contributed by atoms with E-state index in [9.17, 15) is 4.79 Å². The topological polar surface area (TPSA) is 64.4 Å². The van der Waals surface area contributed by atoms with E-state index in [2.05, 4.69) is 5.32 Å². The standard InChI is InChI=1S/C13H22N2O2/c14-13(4-1-5-13)7-12(16)15-8-9-6-10-2-3-11(9)17-10/h9-11H,1-8,14H2,(H,15,16). The predicted molar refractivity (Wildman–Crippen MR) is 64.4 cm³/mol. The Kier molecular flexibility index (Phi) is 2.87. The van der Waals surface area contributed by atoms with Gasteiger partial charge in [-0.3, -0.25) is 4.79 Å². The van der Waals surface area contributed by atoms with Crippen LogP contribution in [0.25, 0.3) is 0 Å². The Balaban J connectivity index is 1.40. The number of ether oxygens (including phenoxy) is 1. The van der Waals surface area contributed by atoms with E-state index in [-0.39, 0.29) is 11.4 Å². The van der Waals surface area contributed by atoms with Gasteiger partial charge in [0.15, 0.2) is 0 Å². The lowest BCUT2D eigenvalue weighted by Crippen LogP contribution is -2.50. The highest BCUT2D eigenvalue weighted by molar-refractivity contribution is 5.77. The fraction of sp³-hybridized carbons (Fsp3) is 0.923. The number of carbonyl (C=O) groups is 1. The van der Waals surface area contributed by atoms with Crippen LogP contribution in [0, 0.1) is 5.92 Å². The number of amides is 1. The van der Waals surface area contributed by atoms with Crippen molar-refractivity contribution in [2.45, 2.75) is 62.7 Å². The first kappa shape index (κ1) is 11.5. The van der Waals surface area contributed by atoms with E-state index in [0.717, 1.165) is 25.8 Å². The monoisotopic (exact) mass is 238 g/mol. The Labute approximate surface area is 102 Å². The summed E-state index contributed by atoms with van der Waals surface area (Å²) in [5, 5.41) is 3.03. The van der Waals surface area contributed by atoms with Crippen molar-refractivity contribution < 1.29 is 9.53 Å². The molecule has 0 aromatic carbocycles. The number of carbonyl (C=O) groups excluding carboxylic acids is 1. The Hall–Kier alpha value is -0.610. The largest absolute Gasteiger partial charge is 0.375 e. The maximum absolute atomic E-state index is 11.8. The minimum Gasteiger partial charge on any atom is -0.375 e. The van der Waals surface area contributed by atoms with E-state index < -0.39 is 0 Å². The van der Waals surface area contributed by atoms with Gasteiger partial charge in [-0.15, -0.1) is 0 Å².